The summed E-state index contributed by atoms with van der Waals surface area (Å²) in [4.78, 5) is 23.8. The van der Waals surface area contributed by atoms with E-state index in [4.69, 9.17) is 18.9 Å². The molecule has 3 unspecified atom stereocenters. The predicted molar refractivity (Wildman–Crippen MR) is 139 cm³/mol. The van der Waals surface area contributed by atoms with Crippen LogP contribution in [-0.2, 0) is 25.6 Å². The van der Waals surface area contributed by atoms with Crippen LogP contribution in [0.2, 0.25) is 0 Å². The highest BCUT2D eigenvalue weighted by Gasteiger charge is 2.34. The Morgan fingerprint density at radius 2 is 1.95 bits per heavy atom. The molecule has 0 fully saturated rings. The van der Waals surface area contributed by atoms with Gasteiger partial charge in [-0.25, -0.2) is 9.59 Å². The van der Waals surface area contributed by atoms with Crippen LogP contribution in [0.3, 0.4) is 0 Å². The van der Waals surface area contributed by atoms with E-state index in [1.807, 2.05) is 31.2 Å². The summed E-state index contributed by atoms with van der Waals surface area (Å²) in [5.74, 6) is 0.255. The minimum absolute atomic E-state index is 0.00961. The van der Waals surface area contributed by atoms with Gasteiger partial charge in [0.1, 0.15) is 23.1 Å². The van der Waals surface area contributed by atoms with Crippen LogP contribution in [-0.4, -0.2) is 65.9 Å². The normalized spacial score (nSPS) is 20.2. The average molecular weight is 520 g/mol. The van der Waals surface area contributed by atoms with Gasteiger partial charge in [0, 0.05) is 25.1 Å². The molecule has 4 atom stereocenters. The molecule has 1 amide bonds. The molecule has 1 heterocycles. The first-order valence-corrected chi connectivity index (χ1v) is 12.6. The Kier molecular flexibility index (Phi) is 11.6. The van der Waals surface area contributed by atoms with Gasteiger partial charge in [-0.15, -0.1) is 0 Å². The van der Waals surface area contributed by atoms with E-state index in [1.165, 1.54) is 12.2 Å². The zero-order chi connectivity index (χ0) is 27.5. The van der Waals surface area contributed by atoms with E-state index < -0.39 is 35.5 Å². The summed E-state index contributed by atoms with van der Waals surface area (Å²) in [7, 11) is 1.60. The number of hydrogen-bond acceptors (Lipinski definition) is 8. The lowest BCUT2D eigenvalue weighted by molar-refractivity contribution is -0.143. The van der Waals surface area contributed by atoms with Crippen LogP contribution in [0.1, 0.15) is 52.5 Å². The summed E-state index contributed by atoms with van der Waals surface area (Å²) in [6.07, 6.45) is 4.75. The molecule has 3 N–H and O–H groups in total. The fourth-order valence-corrected chi connectivity index (χ4v) is 3.78. The van der Waals surface area contributed by atoms with Gasteiger partial charge in [-0.1, -0.05) is 31.2 Å². The average Bonchev–Trinajstić information content (AvgIpc) is 2.84. The van der Waals surface area contributed by atoms with Gasteiger partial charge in [-0.3, -0.25) is 0 Å². The van der Waals surface area contributed by atoms with E-state index in [-0.39, 0.29) is 31.9 Å². The fourth-order valence-electron chi connectivity index (χ4n) is 3.78. The number of aliphatic hydroxyl groups is 2. The van der Waals surface area contributed by atoms with E-state index in [2.05, 4.69) is 5.32 Å². The Labute approximate surface area is 219 Å². The first-order chi connectivity index (χ1) is 17.5. The van der Waals surface area contributed by atoms with Gasteiger partial charge in [-0.05, 0) is 63.8 Å². The number of nitrogens with one attached hydrogen (secondary N) is 1. The first kappa shape index (κ1) is 30.3. The highest BCUT2D eigenvalue weighted by molar-refractivity contribution is 5.83. The van der Waals surface area contributed by atoms with E-state index >= 15 is 0 Å². The quantitative estimate of drug-likeness (QED) is 0.205. The van der Waals surface area contributed by atoms with Crippen molar-refractivity contribution in [2.75, 3.05) is 20.3 Å². The van der Waals surface area contributed by atoms with Crippen LogP contribution < -0.4 is 10.1 Å². The number of hydrogen-bond donors (Lipinski definition) is 3. The lowest BCUT2D eigenvalue weighted by Gasteiger charge is -2.32. The number of rotatable bonds is 13. The smallest absolute Gasteiger partial charge is 0.407 e. The van der Waals surface area contributed by atoms with Gasteiger partial charge in [0.2, 0.25) is 0 Å². The summed E-state index contributed by atoms with van der Waals surface area (Å²) in [6.45, 7) is 7.83. The number of cyclic esters (lactones) is 1. The van der Waals surface area contributed by atoms with Gasteiger partial charge in [0.05, 0.1) is 19.8 Å². The Hall–Kier alpha value is -2.88. The number of carbonyl (C=O) groups is 2. The lowest BCUT2D eigenvalue weighted by Crippen LogP contribution is -2.45. The third-order valence-electron chi connectivity index (χ3n) is 5.93. The standard InChI is InChI=1S/C28H41NO8/c1-6-21-9-12-25(31)36-23(21)13-15-28(33,16-17-29-26(32)37-27(2,3)4)24(30)14-18-35-19-20-7-10-22(34-5)11-8-20/h7-13,15,21,23-24,30,33H,6,14,16-19H2,1-5H3,(H,29,32)/b15-13+/t21?,23?,24?,28-/m0/s1. The zero-order valence-corrected chi connectivity index (χ0v) is 22.4. The topological polar surface area (TPSA) is 124 Å². The molecule has 0 saturated heterocycles. The van der Waals surface area contributed by atoms with Gasteiger partial charge < -0.3 is 34.5 Å². The van der Waals surface area contributed by atoms with Crippen molar-refractivity contribution in [3.8, 4) is 5.75 Å². The zero-order valence-electron chi connectivity index (χ0n) is 22.4. The van der Waals surface area contributed by atoms with Gasteiger partial charge in [0.15, 0.2) is 0 Å². The SMILES string of the molecule is CCC1C=CC(=O)OC1/C=C/[C@](O)(CCNC(=O)OC(C)(C)C)C(O)CCOCc1ccc(OC)cc1. The highest BCUT2D eigenvalue weighted by Crippen LogP contribution is 2.25. The third kappa shape index (κ3) is 10.6. The van der Waals surface area contributed by atoms with E-state index in [1.54, 1.807) is 40.0 Å². The Morgan fingerprint density at radius 1 is 1.24 bits per heavy atom. The molecule has 0 aromatic heterocycles. The van der Waals surface area contributed by atoms with Gasteiger partial charge in [0.25, 0.3) is 0 Å². The number of ether oxygens (including phenoxy) is 4. The molecule has 0 saturated carbocycles. The minimum Gasteiger partial charge on any atom is -0.497 e. The maximum atomic E-state index is 12.0. The van der Waals surface area contributed by atoms with Crippen LogP contribution in [0.5, 0.6) is 5.75 Å². The molecule has 206 valence electrons. The molecule has 0 spiro atoms. The summed E-state index contributed by atoms with van der Waals surface area (Å²) < 4.78 is 21.5. The van der Waals surface area contributed by atoms with Crippen molar-refractivity contribution in [2.24, 2.45) is 5.92 Å². The summed E-state index contributed by atoms with van der Waals surface area (Å²) in [5, 5.41) is 24.9. The van der Waals surface area contributed by atoms with E-state index in [9.17, 15) is 19.8 Å². The molecule has 37 heavy (non-hydrogen) atoms. The molecule has 1 aromatic carbocycles. The number of alkyl carbamates (subject to hydrolysis) is 1. The maximum absolute atomic E-state index is 12.0. The Morgan fingerprint density at radius 3 is 2.57 bits per heavy atom. The van der Waals surface area contributed by atoms with Crippen molar-refractivity contribution in [3.63, 3.8) is 0 Å². The van der Waals surface area contributed by atoms with Crippen molar-refractivity contribution < 1.29 is 38.7 Å². The molecule has 9 heteroatoms. The van der Waals surface area contributed by atoms with Crippen LogP contribution in [0, 0.1) is 5.92 Å². The van der Waals surface area contributed by atoms with Crippen LogP contribution >= 0.6 is 0 Å². The molecule has 0 radical (unpaired) electrons. The van der Waals surface area contributed by atoms with Crippen molar-refractivity contribution >= 4 is 12.1 Å². The molecular weight excluding hydrogens is 478 g/mol. The number of aliphatic hydroxyl groups excluding tert-OH is 1. The van der Waals surface area contributed by atoms with Crippen molar-refractivity contribution in [3.05, 3.63) is 54.1 Å². The third-order valence-corrected chi connectivity index (χ3v) is 5.93. The molecule has 1 aromatic rings. The van der Waals surface area contributed by atoms with Crippen LogP contribution in [0.4, 0.5) is 4.79 Å². The number of carbonyl (C=O) groups excluding carboxylic acids is 2. The highest BCUT2D eigenvalue weighted by atomic mass is 16.6. The first-order valence-electron chi connectivity index (χ1n) is 12.6. The fraction of sp³-hybridized carbons (Fsp3) is 0.571. The second-order valence-electron chi connectivity index (χ2n) is 10.1. The van der Waals surface area contributed by atoms with Gasteiger partial charge in [-0.2, -0.15) is 0 Å². The predicted octanol–water partition coefficient (Wildman–Crippen LogP) is 3.67. The van der Waals surface area contributed by atoms with E-state index in [0.29, 0.717) is 6.61 Å². The molecular formula is C28H41NO8. The summed E-state index contributed by atoms with van der Waals surface area (Å²) >= 11 is 0. The lowest BCUT2D eigenvalue weighted by atomic mass is 9.88. The second-order valence-corrected chi connectivity index (χ2v) is 10.1. The minimum atomic E-state index is -1.70. The van der Waals surface area contributed by atoms with Crippen molar-refractivity contribution in [1.29, 1.82) is 0 Å². The number of amides is 1. The monoisotopic (exact) mass is 519 g/mol. The van der Waals surface area contributed by atoms with E-state index in [0.717, 1.165) is 17.7 Å². The molecule has 0 bridgehead atoms. The Bertz CT molecular complexity index is 921. The van der Waals surface area contributed by atoms with Crippen LogP contribution in [0.15, 0.2) is 48.6 Å². The molecule has 1 aliphatic rings. The van der Waals surface area contributed by atoms with Gasteiger partial charge >= 0.3 is 12.1 Å². The van der Waals surface area contributed by atoms with Crippen LogP contribution in [0.25, 0.3) is 0 Å². The van der Waals surface area contributed by atoms with Crippen molar-refractivity contribution in [2.45, 2.75) is 77.0 Å². The summed E-state index contributed by atoms with van der Waals surface area (Å²) in [5.41, 5.74) is -1.41. The largest absolute Gasteiger partial charge is 0.497 e. The molecule has 1 aliphatic heterocycles. The number of benzene rings is 1. The van der Waals surface area contributed by atoms with Crippen molar-refractivity contribution in [1.82, 2.24) is 5.32 Å². The maximum Gasteiger partial charge on any atom is 0.407 e. The molecule has 2 rings (SSSR count). The number of esters is 1. The second kappa shape index (κ2) is 14.2. The Balaban J connectivity index is 2.01. The molecule has 0 aliphatic carbocycles. The molecule has 9 nitrogen and oxygen atoms in total. The summed E-state index contributed by atoms with van der Waals surface area (Å²) in [6, 6.07) is 7.46. The number of methoxy groups -OCH3 is 1.